The van der Waals surface area contributed by atoms with E-state index in [1.807, 2.05) is 0 Å². The lowest BCUT2D eigenvalue weighted by Gasteiger charge is -2.35. The molecule has 1 nitrogen and oxygen atoms in total. The molecular formula is C59H55N. The quantitative estimate of drug-likeness (QED) is 0.157. The van der Waals surface area contributed by atoms with Crippen molar-refractivity contribution in [3.8, 4) is 11.1 Å². The fraction of sp³-hybridized carbons (Fsp3) is 0.220. The Bertz CT molecular complexity index is 2980. The summed E-state index contributed by atoms with van der Waals surface area (Å²) in [5.41, 5.74) is 14.9. The zero-order valence-corrected chi connectivity index (χ0v) is 36.6. The summed E-state index contributed by atoms with van der Waals surface area (Å²) >= 11 is 0. The van der Waals surface area contributed by atoms with Gasteiger partial charge in [0.1, 0.15) is 0 Å². The summed E-state index contributed by atoms with van der Waals surface area (Å²) in [7, 11) is 0. The van der Waals surface area contributed by atoms with Crippen LogP contribution in [0.1, 0.15) is 101 Å². The van der Waals surface area contributed by atoms with Gasteiger partial charge in [-0.15, -0.1) is 0 Å². The Balaban J connectivity index is 1.27. The van der Waals surface area contributed by atoms with Crippen LogP contribution < -0.4 is 4.90 Å². The number of hydrogen-bond acceptors (Lipinski definition) is 1. The maximum Gasteiger partial charge on any atom is 0.0713 e. The SMILES string of the molecule is CC(C)(C)c1cc(N(c2ccccc2)c2ccc(C3(c4ccccc4)c4ccccc4-c4ccccc43)cc2)c2ccc3c(C(C)(C)C)cc(C(C)(C)C)c4ccc1c2c34. The van der Waals surface area contributed by atoms with E-state index in [2.05, 4.69) is 237 Å². The highest BCUT2D eigenvalue weighted by atomic mass is 15.1. The fourth-order valence-corrected chi connectivity index (χ4v) is 10.6. The third-order valence-electron chi connectivity index (χ3n) is 13.3. The Morgan fingerprint density at radius 3 is 1.23 bits per heavy atom. The number of hydrogen-bond donors (Lipinski definition) is 0. The van der Waals surface area contributed by atoms with Crippen LogP contribution in [0.3, 0.4) is 0 Å². The standard InChI is InChI=1S/C59H55N/c1-56(2,3)50-36-51(57(4,5)6)45-34-35-47-53(37-52(58(7,8)9)46-33-32-44(50)54(45)55(46)47)60(40-22-14-11-15-23-40)41-30-28-39(29-31-41)59(38-20-12-10-13-21-38)48-26-18-16-24-42(48)43-25-17-19-27-49(43)59/h10-37H,1-9H3. The van der Waals surface area contributed by atoms with Gasteiger partial charge >= 0.3 is 0 Å². The molecule has 296 valence electrons. The van der Waals surface area contributed by atoms with Crippen LogP contribution in [0.2, 0.25) is 0 Å². The molecule has 0 aromatic heterocycles. The predicted octanol–water partition coefficient (Wildman–Crippen LogP) is 16.3. The summed E-state index contributed by atoms with van der Waals surface area (Å²) in [6.07, 6.45) is 0. The van der Waals surface area contributed by atoms with Gasteiger partial charge in [-0.1, -0.05) is 202 Å². The van der Waals surface area contributed by atoms with Crippen molar-refractivity contribution < 1.29 is 0 Å². The van der Waals surface area contributed by atoms with Gasteiger partial charge < -0.3 is 4.90 Å². The smallest absolute Gasteiger partial charge is 0.0713 e. The largest absolute Gasteiger partial charge is 0.310 e. The second kappa shape index (κ2) is 13.4. The summed E-state index contributed by atoms with van der Waals surface area (Å²) in [6, 6.07) is 64.2. The summed E-state index contributed by atoms with van der Waals surface area (Å²) in [6.45, 7) is 21.3. The summed E-state index contributed by atoms with van der Waals surface area (Å²) in [4.78, 5) is 2.51. The maximum atomic E-state index is 2.51. The zero-order valence-electron chi connectivity index (χ0n) is 36.6. The third-order valence-corrected chi connectivity index (χ3v) is 13.3. The molecule has 0 unspecified atom stereocenters. The van der Waals surface area contributed by atoms with Crippen LogP contribution in [-0.2, 0) is 21.7 Å². The average molecular weight is 778 g/mol. The van der Waals surface area contributed by atoms with E-state index < -0.39 is 5.41 Å². The molecule has 0 saturated heterocycles. The van der Waals surface area contributed by atoms with Crippen LogP contribution in [0.5, 0.6) is 0 Å². The topological polar surface area (TPSA) is 3.24 Å². The molecule has 10 rings (SSSR count). The molecule has 1 heteroatoms. The van der Waals surface area contributed by atoms with Gasteiger partial charge in [0.2, 0.25) is 0 Å². The van der Waals surface area contributed by atoms with Crippen LogP contribution >= 0.6 is 0 Å². The minimum Gasteiger partial charge on any atom is -0.310 e. The molecule has 1 aliphatic rings. The van der Waals surface area contributed by atoms with Gasteiger partial charge in [0.25, 0.3) is 0 Å². The van der Waals surface area contributed by atoms with E-state index in [1.54, 1.807) is 0 Å². The maximum absolute atomic E-state index is 2.51. The highest BCUT2D eigenvalue weighted by molar-refractivity contribution is 6.28. The Hall–Kier alpha value is -6.18. The first-order valence-corrected chi connectivity index (χ1v) is 21.7. The number of nitrogens with zero attached hydrogens (tertiary/aromatic N) is 1. The minimum atomic E-state index is -0.452. The van der Waals surface area contributed by atoms with Gasteiger partial charge in [-0.25, -0.2) is 0 Å². The highest BCUT2D eigenvalue weighted by Gasteiger charge is 2.46. The number of para-hydroxylation sites is 1. The molecule has 0 saturated carbocycles. The van der Waals surface area contributed by atoms with E-state index in [0.29, 0.717) is 0 Å². The number of anilines is 3. The van der Waals surface area contributed by atoms with E-state index in [9.17, 15) is 0 Å². The monoisotopic (exact) mass is 777 g/mol. The normalized spacial score (nSPS) is 13.9. The van der Waals surface area contributed by atoms with Crippen molar-refractivity contribution in [3.63, 3.8) is 0 Å². The van der Waals surface area contributed by atoms with Crippen molar-refractivity contribution in [2.45, 2.75) is 84.0 Å². The van der Waals surface area contributed by atoms with Gasteiger partial charge in [-0.2, -0.15) is 0 Å². The van der Waals surface area contributed by atoms with Crippen LogP contribution in [0.4, 0.5) is 17.1 Å². The Kier molecular flexibility index (Phi) is 8.51. The molecule has 0 amide bonds. The molecule has 0 aliphatic heterocycles. The molecule has 9 aromatic rings. The van der Waals surface area contributed by atoms with Crippen LogP contribution in [-0.4, -0.2) is 0 Å². The van der Waals surface area contributed by atoms with Crippen molar-refractivity contribution in [1.29, 1.82) is 0 Å². The number of rotatable bonds is 5. The van der Waals surface area contributed by atoms with Crippen molar-refractivity contribution in [2.24, 2.45) is 0 Å². The van der Waals surface area contributed by atoms with Crippen molar-refractivity contribution in [3.05, 3.63) is 209 Å². The first-order chi connectivity index (χ1) is 28.7. The molecule has 60 heavy (non-hydrogen) atoms. The van der Waals surface area contributed by atoms with E-state index in [-0.39, 0.29) is 16.2 Å². The average Bonchev–Trinajstić information content (AvgIpc) is 3.54. The third kappa shape index (κ3) is 5.66. The fourth-order valence-electron chi connectivity index (χ4n) is 10.6. The molecule has 1 aliphatic carbocycles. The molecule has 0 radical (unpaired) electrons. The van der Waals surface area contributed by atoms with Gasteiger partial charge in [-0.05, 0) is 124 Å². The van der Waals surface area contributed by atoms with Gasteiger partial charge in [-0.3, -0.25) is 0 Å². The van der Waals surface area contributed by atoms with Gasteiger partial charge in [0.05, 0.1) is 11.1 Å². The lowest BCUT2D eigenvalue weighted by Crippen LogP contribution is -2.28. The van der Waals surface area contributed by atoms with Gasteiger partial charge in [0.15, 0.2) is 0 Å². The van der Waals surface area contributed by atoms with Crippen LogP contribution in [0.25, 0.3) is 43.4 Å². The van der Waals surface area contributed by atoms with E-state index in [0.717, 1.165) is 11.4 Å². The van der Waals surface area contributed by atoms with Crippen molar-refractivity contribution in [1.82, 2.24) is 0 Å². The highest BCUT2D eigenvalue weighted by Crippen LogP contribution is 2.57. The van der Waals surface area contributed by atoms with Crippen molar-refractivity contribution >= 4 is 49.4 Å². The zero-order chi connectivity index (χ0) is 41.8. The van der Waals surface area contributed by atoms with Crippen LogP contribution in [0.15, 0.2) is 170 Å². The lowest BCUT2D eigenvalue weighted by atomic mass is 9.67. The summed E-state index contributed by atoms with van der Waals surface area (Å²) in [5.74, 6) is 0. The molecule has 0 N–H and O–H groups in total. The molecule has 0 fully saturated rings. The molecule has 0 atom stereocenters. The van der Waals surface area contributed by atoms with E-state index in [4.69, 9.17) is 0 Å². The van der Waals surface area contributed by atoms with Crippen LogP contribution in [0, 0.1) is 0 Å². The number of benzene rings is 9. The lowest BCUT2D eigenvalue weighted by molar-refractivity contribution is 0.576. The molecule has 0 heterocycles. The summed E-state index contributed by atoms with van der Waals surface area (Å²) < 4.78 is 0. The molecule has 9 aromatic carbocycles. The van der Waals surface area contributed by atoms with Crippen molar-refractivity contribution in [2.75, 3.05) is 4.90 Å². The Morgan fingerprint density at radius 1 is 0.350 bits per heavy atom. The Morgan fingerprint density at radius 2 is 0.733 bits per heavy atom. The molecule has 0 bridgehead atoms. The predicted molar refractivity (Wildman–Crippen MR) is 258 cm³/mol. The van der Waals surface area contributed by atoms with E-state index >= 15 is 0 Å². The first-order valence-electron chi connectivity index (χ1n) is 21.7. The second-order valence-corrected chi connectivity index (χ2v) is 20.2. The minimum absolute atomic E-state index is 0.0206. The first kappa shape index (κ1) is 38.0. The second-order valence-electron chi connectivity index (χ2n) is 20.2. The summed E-state index contributed by atoms with van der Waals surface area (Å²) in [5, 5.41) is 8.09. The number of fused-ring (bicyclic) bond motifs is 3. The molecular weight excluding hydrogens is 723 g/mol. The Labute approximate surface area is 356 Å². The van der Waals surface area contributed by atoms with E-state index in [1.165, 1.54) is 88.1 Å². The molecule has 0 spiro atoms. The van der Waals surface area contributed by atoms with Gasteiger partial charge in [0, 0.05) is 16.8 Å².